The first kappa shape index (κ1) is 34.4. The topological polar surface area (TPSA) is 187 Å². The second-order valence-corrected chi connectivity index (χ2v) is 12.5. The number of carbonyl (C=O) groups is 2. The lowest BCUT2D eigenvalue weighted by Gasteiger charge is -2.33. The molecule has 0 bridgehead atoms. The second kappa shape index (κ2) is 18.4. The number of nitrogens with zero attached hydrogens (tertiary/aromatic N) is 7. The fourth-order valence-electron chi connectivity index (χ4n) is 6.27. The van der Waals surface area contributed by atoms with E-state index in [0.717, 1.165) is 74.4 Å². The van der Waals surface area contributed by atoms with E-state index < -0.39 is 5.97 Å². The van der Waals surface area contributed by atoms with Gasteiger partial charge in [-0.25, -0.2) is 9.67 Å². The quantitative estimate of drug-likeness (QED) is 0.104. The Balaban J connectivity index is 1.05. The molecule has 256 valence electrons. The maximum atomic E-state index is 12.6. The smallest absolute Gasteiger partial charge is 0.317 e. The molecule has 1 aromatic carbocycles. The van der Waals surface area contributed by atoms with Gasteiger partial charge in [0, 0.05) is 50.1 Å². The number of aromatic nitrogens is 6. The van der Waals surface area contributed by atoms with Gasteiger partial charge >= 0.3 is 5.97 Å². The Morgan fingerprint density at radius 1 is 0.894 bits per heavy atom. The standard InChI is InChI=1S/C32H50N12O3/c45-29(12-18-34-23-30(46)47)43-20-13-25(14-21-43)37-31-26-10-4-5-11-27(26)38-32(39-31)36-22-28-40-41-42-44(28)19-7-16-33-15-6-17-35-24-8-2-1-3-9-24/h4-5,10-11,24-25,33-35H,1-3,6-9,12-23H2,(H,46,47)(H2,36,37,38,39). The Kier molecular flexibility index (Phi) is 13.5. The molecule has 0 spiro atoms. The molecule has 0 unspecified atom stereocenters. The number of rotatable bonds is 19. The number of amides is 1. The molecule has 2 aromatic heterocycles. The summed E-state index contributed by atoms with van der Waals surface area (Å²) in [4.78, 5) is 34.6. The fourth-order valence-corrected chi connectivity index (χ4v) is 6.27. The normalized spacial score (nSPS) is 16.0. The van der Waals surface area contributed by atoms with E-state index in [1.165, 1.54) is 32.1 Å². The SMILES string of the molecule is O=C(O)CNCCC(=O)N1CCC(Nc2nc(NCc3nnnn3CCCNCCCNC3CCCCC3)nc3ccccc23)CC1. The zero-order valence-electron chi connectivity index (χ0n) is 27.3. The summed E-state index contributed by atoms with van der Waals surface area (Å²) in [6.45, 7) is 5.60. The van der Waals surface area contributed by atoms with Crippen LogP contribution in [0.1, 0.15) is 70.0 Å². The molecule has 3 aromatic rings. The van der Waals surface area contributed by atoms with Crippen molar-refractivity contribution in [1.82, 2.24) is 51.0 Å². The van der Waals surface area contributed by atoms with Crippen molar-refractivity contribution in [3.63, 3.8) is 0 Å². The van der Waals surface area contributed by atoms with Crippen molar-refractivity contribution >= 4 is 34.5 Å². The lowest BCUT2D eigenvalue weighted by molar-refractivity contribution is -0.136. The number of aliphatic carboxylic acids is 1. The van der Waals surface area contributed by atoms with Crippen molar-refractivity contribution in [3.8, 4) is 0 Å². The van der Waals surface area contributed by atoms with Gasteiger partial charge in [-0.2, -0.15) is 4.98 Å². The van der Waals surface area contributed by atoms with Gasteiger partial charge in [0.1, 0.15) is 5.82 Å². The van der Waals surface area contributed by atoms with E-state index in [1.54, 1.807) is 0 Å². The highest BCUT2D eigenvalue weighted by atomic mass is 16.4. The van der Waals surface area contributed by atoms with E-state index in [4.69, 9.17) is 15.1 Å². The average molecular weight is 651 g/mol. The summed E-state index contributed by atoms with van der Waals surface area (Å²) in [5.41, 5.74) is 0.827. The van der Waals surface area contributed by atoms with Crippen LogP contribution >= 0.6 is 0 Å². The van der Waals surface area contributed by atoms with Gasteiger partial charge < -0.3 is 36.6 Å². The number of carboxylic acids is 1. The number of carboxylic acid groups (broad SMARTS) is 1. The van der Waals surface area contributed by atoms with Crippen LogP contribution in [0.4, 0.5) is 11.8 Å². The number of aryl methyl sites for hydroxylation is 1. The molecule has 1 saturated heterocycles. The number of tetrazole rings is 1. The van der Waals surface area contributed by atoms with Gasteiger partial charge in [0.15, 0.2) is 5.82 Å². The van der Waals surface area contributed by atoms with Crippen LogP contribution < -0.4 is 26.6 Å². The van der Waals surface area contributed by atoms with Crippen LogP contribution in [0, 0.1) is 0 Å². The summed E-state index contributed by atoms with van der Waals surface area (Å²) < 4.78 is 1.83. The molecule has 3 heterocycles. The van der Waals surface area contributed by atoms with Gasteiger partial charge in [-0.3, -0.25) is 9.59 Å². The van der Waals surface area contributed by atoms with Crippen LogP contribution in [0.3, 0.4) is 0 Å². The largest absolute Gasteiger partial charge is 0.480 e. The Morgan fingerprint density at radius 2 is 1.70 bits per heavy atom. The second-order valence-electron chi connectivity index (χ2n) is 12.5. The van der Waals surface area contributed by atoms with Gasteiger partial charge in [0.2, 0.25) is 11.9 Å². The number of likely N-dealkylation sites (tertiary alicyclic amines) is 1. The molecule has 47 heavy (non-hydrogen) atoms. The number of hydrogen-bond donors (Lipinski definition) is 6. The molecule has 0 atom stereocenters. The number of benzene rings is 1. The molecule has 0 radical (unpaired) electrons. The molecule has 1 amide bonds. The lowest BCUT2D eigenvalue weighted by atomic mass is 9.95. The third-order valence-electron chi connectivity index (χ3n) is 8.89. The number of piperidine rings is 1. The van der Waals surface area contributed by atoms with Crippen LogP contribution in [0.25, 0.3) is 10.9 Å². The summed E-state index contributed by atoms with van der Waals surface area (Å²) in [6.07, 6.45) is 10.7. The van der Waals surface area contributed by atoms with E-state index in [9.17, 15) is 9.59 Å². The van der Waals surface area contributed by atoms with Crippen molar-refractivity contribution < 1.29 is 14.7 Å². The highest BCUT2D eigenvalue weighted by molar-refractivity contribution is 5.90. The van der Waals surface area contributed by atoms with Crippen LogP contribution in [-0.2, 0) is 22.7 Å². The summed E-state index contributed by atoms with van der Waals surface area (Å²) >= 11 is 0. The molecule has 2 aliphatic rings. The Bertz CT molecular complexity index is 1400. The minimum Gasteiger partial charge on any atom is -0.480 e. The van der Waals surface area contributed by atoms with Crippen molar-refractivity contribution in [3.05, 3.63) is 30.1 Å². The molecule has 1 saturated carbocycles. The zero-order chi connectivity index (χ0) is 32.7. The number of carbonyl (C=O) groups excluding carboxylic acids is 1. The average Bonchev–Trinajstić information content (AvgIpc) is 3.54. The Labute approximate surface area is 276 Å². The lowest BCUT2D eigenvalue weighted by Crippen LogP contribution is -2.43. The van der Waals surface area contributed by atoms with Crippen molar-refractivity contribution in [2.45, 2.75) is 89.4 Å². The van der Waals surface area contributed by atoms with E-state index in [1.807, 2.05) is 33.8 Å². The zero-order valence-corrected chi connectivity index (χ0v) is 27.3. The summed E-state index contributed by atoms with van der Waals surface area (Å²) in [5, 5.41) is 38.9. The molecule has 15 nitrogen and oxygen atoms in total. The van der Waals surface area contributed by atoms with Crippen molar-refractivity contribution in [1.29, 1.82) is 0 Å². The predicted molar refractivity (Wildman–Crippen MR) is 180 cm³/mol. The Hall–Kier alpha value is -3.95. The summed E-state index contributed by atoms with van der Waals surface area (Å²) in [5.74, 6) is 1.08. The molecule has 1 aliphatic heterocycles. The predicted octanol–water partition coefficient (Wildman–Crippen LogP) is 1.99. The maximum absolute atomic E-state index is 12.6. The van der Waals surface area contributed by atoms with Crippen molar-refractivity contribution in [2.24, 2.45) is 0 Å². The molecule has 5 rings (SSSR count). The highest BCUT2D eigenvalue weighted by Gasteiger charge is 2.23. The minimum absolute atomic E-state index is 0.0384. The van der Waals surface area contributed by atoms with E-state index >= 15 is 0 Å². The monoisotopic (exact) mass is 650 g/mol. The van der Waals surface area contributed by atoms with Gasteiger partial charge in [-0.05, 0) is 80.7 Å². The summed E-state index contributed by atoms with van der Waals surface area (Å²) in [6, 6.07) is 8.78. The Morgan fingerprint density at radius 3 is 2.53 bits per heavy atom. The number of hydrogen-bond acceptors (Lipinski definition) is 12. The van der Waals surface area contributed by atoms with E-state index in [2.05, 4.69) is 42.1 Å². The number of fused-ring (bicyclic) bond motifs is 1. The molecule has 1 aliphatic carbocycles. The van der Waals surface area contributed by atoms with Gasteiger partial charge in [-0.1, -0.05) is 31.4 Å². The van der Waals surface area contributed by atoms with Crippen LogP contribution in [0.15, 0.2) is 24.3 Å². The fraction of sp³-hybridized carbons (Fsp3) is 0.656. The van der Waals surface area contributed by atoms with Gasteiger partial charge in [0.05, 0.1) is 18.6 Å². The molecular weight excluding hydrogens is 600 g/mol. The van der Waals surface area contributed by atoms with Crippen LogP contribution in [0.2, 0.25) is 0 Å². The number of anilines is 2. The highest BCUT2D eigenvalue weighted by Crippen LogP contribution is 2.25. The van der Waals surface area contributed by atoms with Crippen molar-refractivity contribution in [2.75, 3.05) is 56.4 Å². The molecule has 15 heteroatoms. The van der Waals surface area contributed by atoms with E-state index in [0.29, 0.717) is 38.2 Å². The first-order chi connectivity index (χ1) is 23.0. The third kappa shape index (κ3) is 11.1. The number of para-hydroxylation sites is 1. The third-order valence-corrected chi connectivity index (χ3v) is 8.89. The molecular formula is C32H50N12O3. The summed E-state index contributed by atoms with van der Waals surface area (Å²) in [7, 11) is 0. The molecule has 2 fully saturated rings. The maximum Gasteiger partial charge on any atom is 0.317 e. The molecule has 6 N–H and O–H groups in total. The number of nitrogens with one attached hydrogen (secondary N) is 5. The first-order valence-electron chi connectivity index (χ1n) is 17.2. The minimum atomic E-state index is -0.928. The first-order valence-corrected chi connectivity index (χ1v) is 17.2. The van der Waals surface area contributed by atoms with Crippen LogP contribution in [-0.4, -0.2) is 110 Å². The van der Waals surface area contributed by atoms with Gasteiger partial charge in [-0.15, -0.1) is 5.10 Å². The van der Waals surface area contributed by atoms with E-state index in [-0.39, 0.29) is 24.9 Å². The van der Waals surface area contributed by atoms with Gasteiger partial charge in [0.25, 0.3) is 0 Å². The van der Waals surface area contributed by atoms with Crippen LogP contribution in [0.5, 0.6) is 0 Å².